The molecule has 7 atom stereocenters. The molecule has 0 radical (unpaired) electrons. The van der Waals surface area contributed by atoms with Gasteiger partial charge in [-0.25, -0.2) is 0 Å². The summed E-state index contributed by atoms with van der Waals surface area (Å²) < 4.78 is 30.6. The number of benzene rings is 1. The summed E-state index contributed by atoms with van der Waals surface area (Å²) in [6.45, 7) is 6.88. The minimum Gasteiger partial charge on any atom is -0.497 e. The first-order valence-electron chi connectivity index (χ1n) is 11.4. The summed E-state index contributed by atoms with van der Waals surface area (Å²) in [6, 6.07) is 7.74. The van der Waals surface area contributed by atoms with E-state index in [4.69, 9.17) is 23.7 Å². The van der Waals surface area contributed by atoms with Gasteiger partial charge in [-0.3, -0.25) is 4.79 Å². The third-order valence-corrected chi connectivity index (χ3v) is 7.02. The summed E-state index contributed by atoms with van der Waals surface area (Å²) in [5.41, 5.74) is 1.69. The van der Waals surface area contributed by atoms with Crippen LogP contribution in [0, 0.1) is 5.92 Å². The van der Waals surface area contributed by atoms with Gasteiger partial charge in [-0.15, -0.1) is 0 Å². The van der Waals surface area contributed by atoms with E-state index < -0.39 is 17.5 Å². The van der Waals surface area contributed by atoms with E-state index in [2.05, 4.69) is 19.9 Å². The molecule has 1 N–H and O–H groups in total. The van der Waals surface area contributed by atoms with Crippen LogP contribution < -0.4 is 4.74 Å². The maximum atomic E-state index is 11.5. The smallest absolute Gasteiger partial charge is 0.306 e. The highest BCUT2D eigenvalue weighted by atomic mass is 16.6. The molecule has 0 aromatic heterocycles. The van der Waals surface area contributed by atoms with E-state index in [0.29, 0.717) is 26.1 Å². The Morgan fingerprint density at radius 3 is 2.75 bits per heavy atom. The molecule has 1 aromatic rings. The van der Waals surface area contributed by atoms with Crippen LogP contribution in [0.3, 0.4) is 0 Å². The van der Waals surface area contributed by atoms with Crippen molar-refractivity contribution in [2.45, 2.75) is 82.8 Å². The molecule has 0 saturated carbocycles. The molecule has 3 aliphatic rings. The standard InChI is InChI=1S/C25H34O7/c1-15-9-10-29-20-12-22-25(3,32-23(15)20)13-21(19(31-22)11-16(2)24(26)27)30-14-17-5-7-18(28-4)8-6-17/h5-9,16,19-23H,10-14H2,1-4H3,(H,26,27)/t16?,19-,20-,21+,22+,23+,25-/m0/s1. The maximum absolute atomic E-state index is 11.5. The number of rotatable bonds is 7. The van der Waals surface area contributed by atoms with Crippen molar-refractivity contribution in [1.29, 1.82) is 0 Å². The summed E-state index contributed by atoms with van der Waals surface area (Å²) in [5.74, 6) is -0.557. The predicted octanol–water partition coefficient (Wildman–Crippen LogP) is 3.74. The first kappa shape index (κ1) is 23.2. The highest BCUT2D eigenvalue weighted by Gasteiger charge is 2.54. The normalized spacial score (nSPS) is 35.2. The quantitative estimate of drug-likeness (QED) is 0.639. The van der Waals surface area contributed by atoms with E-state index >= 15 is 0 Å². The van der Waals surface area contributed by atoms with Crippen molar-refractivity contribution >= 4 is 5.97 Å². The molecule has 7 nitrogen and oxygen atoms in total. The van der Waals surface area contributed by atoms with E-state index in [1.807, 2.05) is 24.3 Å². The van der Waals surface area contributed by atoms with Crippen LogP contribution in [0.15, 0.2) is 35.9 Å². The predicted molar refractivity (Wildman–Crippen MR) is 118 cm³/mol. The minimum absolute atomic E-state index is 0.0348. The van der Waals surface area contributed by atoms with Gasteiger partial charge in [0.25, 0.3) is 0 Å². The molecule has 3 heterocycles. The number of methoxy groups -OCH3 is 1. The molecule has 0 spiro atoms. The third-order valence-electron chi connectivity index (χ3n) is 7.02. The number of carboxylic acids is 1. The Kier molecular flexibility index (Phi) is 6.91. The molecule has 2 saturated heterocycles. The van der Waals surface area contributed by atoms with Gasteiger partial charge in [0.05, 0.1) is 56.3 Å². The van der Waals surface area contributed by atoms with Crippen LogP contribution in [0.1, 0.15) is 45.6 Å². The molecule has 176 valence electrons. The van der Waals surface area contributed by atoms with Gasteiger partial charge in [-0.1, -0.05) is 25.1 Å². The van der Waals surface area contributed by atoms with Gasteiger partial charge < -0.3 is 28.8 Å². The zero-order valence-electron chi connectivity index (χ0n) is 19.3. The molecule has 2 fully saturated rings. The fourth-order valence-electron chi connectivity index (χ4n) is 4.94. The molecule has 0 bridgehead atoms. The van der Waals surface area contributed by atoms with Crippen LogP contribution >= 0.6 is 0 Å². The highest BCUT2D eigenvalue weighted by Crippen LogP contribution is 2.45. The molecular formula is C25H34O7. The second kappa shape index (κ2) is 9.51. The lowest BCUT2D eigenvalue weighted by Gasteiger charge is -2.54. The Bertz CT molecular complexity index is 835. The Morgan fingerprint density at radius 1 is 1.31 bits per heavy atom. The zero-order valence-corrected chi connectivity index (χ0v) is 19.3. The molecule has 3 aliphatic heterocycles. The fourth-order valence-corrected chi connectivity index (χ4v) is 4.94. The topological polar surface area (TPSA) is 83.5 Å². The number of carbonyl (C=O) groups is 1. The Morgan fingerprint density at radius 2 is 2.06 bits per heavy atom. The van der Waals surface area contributed by atoms with Crippen LogP contribution in [-0.2, 0) is 30.3 Å². The first-order valence-corrected chi connectivity index (χ1v) is 11.4. The largest absolute Gasteiger partial charge is 0.497 e. The molecule has 1 aromatic carbocycles. The number of ether oxygens (including phenoxy) is 5. The van der Waals surface area contributed by atoms with Crippen LogP contribution in [0.2, 0.25) is 0 Å². The van der Waals surface area contributed by atoms with Gasteiger partial charge in [-0.2, -0.15) is 0 Å². The van der Waals surface area contributed by atoms with Crippen LogP contribution in [0.25, 0.3) is 0 Å². The molecule has 4 rings (SSSR count). The summed E-state index contributed by atoms with van der Waals surface area (Å²) in [6.07, 6.45) is 2.96. The summed E-state index contributed by atoms with van der Waals surface area (Å²) in [4.78, 5) is 11.5. The lowest BCUT2D eigenvalue weighted by atomic mass is 9.78. The van der Waals surface area contributed by atoms with E-state index in [0.717, 1.165) is 17.7 Å². The number of hydrogen-bond donors (Lipinski definition) is 1. The van der Waals surface area contributed by atoms with Gasteiger partial charge in [0.15, 0.2) is 0 Å². The molecule has 32 heavy (non-hydrogen) atoms. The van der Waals surface area contributed by atoms with Gasteiger partial charge in [0, 0.05) is 12.8 Å². The van der Waals surface area contributed by atoms with E-state index in [-0.39, 0.29) is 30.5 Å². The van der Waals surface area contributed by atoms with Crippen molar-refractivity contribution in [1.82, 2.24) is 0 Å². The first-order chi connectivity index (χ1) is 15.3. The number of fused-ring (bicyclic) bond motifs is 2. The highest BCUT2D eigenvalue weighted by molar-refractivity contribution is 5.69. The molecule has 0 aliphatic carbocycles. The summed E-state index contributed by atoms with van der Waals surface area (Å²) >= 11 is 0. The summed E-state index contributed by atoms with van der Waals surface area (Å²) in [7, 11) is 1.64. The second-order valence-corrected chi connectivity index (χ2v) is 9.45. The monoisotopic (exact) mass is 446 g/mol. The SMILES string of the molecule is COc1ccc(CO[C@@H]2C[C@]3(C)O[C@@H]4C(C)=CCO[C@H]4C[C@H]3O[C@H]2CC(C)C(=O)O)cc1. The van der Waals surface area contributed by atoms with E-state index in [1.54, 1.807) is 14.0 Å². The maximum Gasteiger partial charge on any atom is 0.306 e. The van der Waals surface area contributed by atoms with Crippen LogP contribution in [-0.4, -0.2) is 60.9 Å². The summed E-state index contributed by atoms with van der Waals surface area (Å²) in [5, 5.41) is 9.46. The van der Waals surface area contributed by atoms with Gasteiger partial charge in [0.1, 0.15) is 11.9 Å². The Hall–Kier alpha value is -1.93. The molecule has 7 heteroatoms. The number of aliphatic carboxylic acids is 1. The zero-order chi connectivity index (χ0) is 22.9. The van der Waals surface area contributed by atoms with Crippen molar-refractivity contribution in [2.75, 3.05) is 13.7 Å². The minimum atomic E-state index is -0.827. The van der Waals surface area contributed by atoms with Crippen molar-refractivity contribution in [3.05, 3.63) is 41.5 Å². The molecular weight excluding hydrogens is 412 g/mol. The fraction of sp³-hybridized carbons (Fsp3) is 0.640. The Balaban J connectivity index is 1.51. The van der Waals surface area contributed by atoms with Crippen molar-refractivity contribution in [3.8, 4) is 5.75 Å². The number of hydrogen-bond acceptors (Lipinski definition) is 6. The van der Waals surface area contributed by atoms with Gasteiger partial charge in [0.2, 0.25) is 0 Å². The average molecular weight is 447 g/mol. The van der Waals surface area contributed by atoms with Crippen molar-refractivity contribution in [3.63, 3.8) is 0 Å². The molecule has 1 unspecified atom stereocenters. The second-order valence-electron chi connectivity index (χ2n) is 9.45. The van der Waals surface area contributed by atoms with Crippen LogP contribution in [0.5, 0.6) is 5.75 Å². The van der Waals surface area contributed by atoms with Crippen molar-refractivity contribution in [2.24, 2.45) is 5.92 Å². The van der Waals surface area contributed by atoms with E-state index in [1.165, 1.54) is 5.57 Å². The third kappa shape index (κ3) is 4.86. The Labute approximate surface area is 189 Å². The van der Waals surface area contributed by atoms with Gasteiger partial charge in [-0.05, 0) is 43.5 Å². The van der Waals surface area contributed by atoms with Crippen molar-refractivity contribution < 1.29 is 33.6 Å². The lowest BCUT2D eigenvalue weighted by Crippen LogP contribution is -2.63. The number of carboxylic acid groups (broad SMARTS) is 1. The average Bonchev–Trinajstić information content (AvgIpc) is 2.77. The van der Waals surface area contributed by atoms with E-state index in [9.17, 15) is 9.90 Å². The molecule has 0 amide bonds. The van der Waals surface area contributed by atoms with Gasteiger partial charge >= 0.3 is 5.97 Å². The lowest BCUT2D eigenvalue weighted by molar-refractivity contribution is -0.292. The van der Waals surface area contributed by atoms with Crippen LogP contribution in [0.4, 0.5) is 0 Å².